The summed E-state index contributed by atoms with van der Waals surface area (Å²) in [6.07, 6.45) is 6.81. The predicted octanol–water partition coefficient (Wildman–Crippen LogP) is 3.39. The third-order valence-electron chi connectivity index (χ3n) is 12.4. The molecule has 0 aromatic rings. The lowest BCUT2D eigenvalue weighted by Crippen LogP contribution is -2.82. The predicted molar refractivity (Wildman–Crippen MR) is 129 cm³/mol. The third kappa shape index (κ3) is 2.49. The minimum Gasteiger partial charge on any atom is -0.443 e. The van der Waals surface area contributed by atoms with Crippen molar-refractivity contribution in [2.45, 2.75) is 96.6 Å². The second-order valence-corrected chi connectivity index (χ2v) is 14.1. The number of hydrogen-bond acceptors (Lipinski definition) is 7. The average molecular weight is 498 g/mol. The van der Waals surface area contributed by atoms with Gasteiger partial charge in [-0.25, -0.2) is 4.90 Å². The van der Waals surface area contributed by atoms with Gasteiger partial charge in [-0.15, -0.1) is 0 Å². The molecule has 4 saturated heterocycles. The van der Waals surface area contributed by atoms with Crippen LogP contribution in [0.3, 0.4) is 0 Å². The maximum atomic E-state index is 14.0. The van der Waals surface area contributed by atoms with Crippen molar-refractivity contribution in [1.82, 2.24) is 4.90 Å². The molecular weight excluding hydrogens is 458 g/mol. The summed E-state index contributed by atoms with van der Waals surface area (Å²) >= 11 is 0. The number of fused-ring (bicyclic) bond motifs is 5. The number of esters is 1. The average Bonchev–Trinajstić information content (AvgIpc) is 3.06. The zero-order valence-corrected chi connectivity index (χ0v) is 22.0. The first-order valence-corrected chi connectivity index (χ1v) is 13.9. The highest BCUT2D eigenvalue weighted by atomic mass is 16.6. The van der Waals surface area contributed by atoms with Gasteiger partial charge in [0.05, 0.1) is 12.5 Å². The number of ketones is 2. The molecule has 3 aliphatic carbocycles. The van der Waals surface area contributed by atoms with Crippen LogP contribution in [0.4, 0.5) is 0 Å². The highest BCUT2D eigenvalue weighted by Gasteiger charge is 2.82. The Morgan fingerprint density at radius 3 is 2.67 bits per heavy atom. The van der Waals surface area contributed by atoms with Gasteiger partial charge in [0.2, 0.25) is 0 Å². The molecule has 6 fully saturated rings. The van der Waals surface area contributed by atoms with Gasteiger partial charge >= 0.3 is 5.97 Å². The van der Waals surface area contributed by atoms with Crippen molar-refractivity contribution in [2.24, 2.45) is 39.9 Å². The number of aliphatic hydroxyl groups excluding tert-OH is 1. The van der Waals surface area contributed by atoms with Crippen molar-refractivity contribution in [3.05, 3.63) is 11.6 Å². The second kappa shape index (κ2) is 6.89. The van der Waals surface area contributed by atoms with Crippen LogP contribution < -0.4 is 0 Å². The maximum Gasteiger partial charge on any atom is 0.308 e. The Morgan fingerprint density at radius 2 is 1.92 bits per heavy atom. The van der Waals surface area contributed by atoms with Crippen molar-refractivity contribution in [2.75, 3.05) is 13.2 Å². The number of piperidine rings is 1. The number of allylic oxidation sites excluding steroid dienone is 2. The number of carbonyl (C=O) groups excluding carboxylic acids is 3. The Balaban J connectivity index is 1.43. The Hall–Kier alpha value is -1.57. The van der Waals surface area contributed by atoms with E-state index in [0.29, 0.717) is 13.0 Å². The molecule has 0 amide bonds. The van der Waals surface area contributed by atoms with Crippen LogP contribution in [0, 0.1) is 39.9 Å². The van der Waals surface area contributed by atoms with E-state index in [2.05, 4.69) is 25.7 Å². The van der Waals surface area contributed by atoms with Crippen molar-refractivity contribution >= 4 is 17.5 Å². The lowest BCUT2D eigenvalue weighted by molar-refractivity contribution is -0.379. The molecular formula is C29H39NO6. The fourth-order valence-electron chi connectivity index (χ4n) is 11.0. The molecule has 7 heteroatoms. The highest BCUT2D eigenvalue weighted by molar-refractivity contribution is 5.99. The van der Waals surface area contributed by atoms with Gasteiger partial charge in [-0.1, -0.05) is 26.3 Å². The molecule has 1 spiro atoms. The van der Waals surface area contributed by atoms with Gasteiger partial charge in [-0.3, -0.25) is 14.4 Å². The summed E-state index contributed by atoms with van der Waals surface area (Å²) in [7, 11) is 0. The van der Waals surface area contributed by atoms with E-state index in [-0.39, 0.29) is 66.8 Å². The molecule has 0 aromatic heterocycles. The molecule has 1 N–H and O–H groups in total. The molecule has 1 unspecified atom stereocenters. The van der Waals surface area contributed by atoms with Crippen LogP contribution in [-0.2, 0) is 23.9 Å². The molecule has 4 aliphatic heterocycles. The van der Waals surface area contributed by atoms with E-state index in [9.17, 15) is 19.5 Å². The molecule has 196 valence electrons. The molecule has 7 nitrogen and oxygen atoms in total. The molecule has 2 saturated carbocycles. The first kappa shape index (κ1) is 23.5. The number of Topliss-reactive ketones (excluding diaryl/α,β-unsaturated/α-hetero) is 1. The van der Waals surface area contributed by atoms with Gasteiger partial charge in [0.1, 0.15) is 11.5 Å². The van der Waals surface area contributed by atoms with Crippen molar-refractivity contribution in [3.8, 4) is 0 Å². The van der Waals surface area contributed by atoms with Crippen molar-refractivity contribution in [1.29, 1.82) is 0 Å². The van der Waals surface area contributed by atoms with Gasteiger partial charge in [0, 0.05) is 43.2 Å². The van der Waals surface area contributed by atoms with Gasteiger partial charge < -0.3 is 14.6 Å². The zero-order valence-electron chi connectivity index (χ0n) is 22.0. The molecule has 36 heavy (non-hydrogen) atoms. The maximum absolute atomic E-state index is 14.0. The van der Waals surface area contributed by atoms with E-state index in [1.165, 1.54) is 0 Å². The monoisotopic (exact) mass is 497 g/mol. The van der Waals surface area contributed by atoms with Crippen LogP contribution >= 0.6 is 0 Å². The van der Waals surface area contributed by atoms with Crippen LogP contribution in [0.25, 0.3) is 0 Å². The molecule has 4 bridgehead atoms. The molecule has 7 rings (SSSR count). The fraction of sp³-hybridized carbons (Fsp3) is 0.828. The zero-order chi connectivity index (χ0) is 25.5. The Bertz CT molecular complexity index is 1120. The van der Waals surface area contributed by atoms with Gasteiger partial charge in [0.25, 0.3) is 0 Å². The normalized spacial score (nSPS) is 55.6. The number of rotatable bonds is 1. The van der Waals surface area contributed by atoms with E-state index in [4.69, 9.17) is 9.47 Å². The lowest BCUT2D eigenvalue weighted by Gasteiger charge is -2.76. The summed E-state index contributed by atoms with van der Waals surface area (Å²) in [5.41, 5.74) is -1.80. The summed E-state index contributed by atoms with van der Waals surface area (Å²) in [5, 5.41) is 10.1. The summed E-state index contributed by atoms with van der Waals surface area (Å²) in [5.74, 6) is -0.311. The van der Waals surface area contributed by atoms with E-state index in [0.717, 1.165) is 37.7 Å². The number of aliphatic hydroxyl groups is 1. The van der Waals surface area contributed by atoms with E-state index in [1.54, 1.807) is 6.08 Å². The van der Waals surface area contributed by atoms with E-state index >= 15 is 0 Å². The van der Waals surface area contributed by atoms with Gasteiger partial charge in [-0.2, -0.15) is 0 Å². The first-order valence-electron chi connectivity index (χ1n) is 13.9. The smallest absolute Gasteiger partial charge is 0.308 e. The topological polar surface area (TPSA) is 93.1 Å². The Labute approximate surface area is 212 Å². The number of ether oxygens (including phenoxy) is 2. The van der Waals surface area contributed by atoms with Crippen LogP contribution in [0.1, 0.15) is 79.1 Å². The molecule has 10 atom stereocenters. The van der Waals surface area contributed by atoms with Crippen LogP contribution in [0.5, 0.6) is 0 Å². The number of carbonyl (C=O) groups is 3. The Kier molecular flexibility index (Phi) is 4.51. The number of hydrogen-bond donors (Lipinski definition) is 1. The largest absolute Gasteiger partial charge is 0.443 e. The quantitative estimate of drug-likeness (QED) is 0.555. The second-order valence-electron chi connectivity index (χ2n) is 14.1. The molecule has 7 aliphatic rings. The summed E-state index contributed by atoms with van der Waals surface area (Å²) in [4.78, 5) is 43.0. The van der Waals surface area contributed by atoms with Crippen molar-refractivity contribution in [3.63, 3.8) is 0 Å². The minimum absolute atomic E-state index is 0.00668. The molecule has 0 radical (unpaired) electrons. The van der Waals surface area contributed by atoms with E-state index < -0.39 is 27.7 Å². The number of nitrogens with zero attached hydrogens (tertiary/aromatic N) is 1. The highest BCUT2D eigenvalue weighted by Crippen LogP contribution is 2.77. The van der Waals surface area contributed by atoms with Crippen LogP contribution in [0.2, 0.25) is 0 Å². The summed E-state index contributed by atoms with van der Waals surface area (Å²) in [6, 6.07) is 0. The SMILES string of the molecule is CC1=CC(=O)[C@H]2CC(=O)[C@H]3[C@@](C)(C[C@@]45OC(=O)C[C@]3(C)[C@]4(C)CCC34C[C@@H](CO)C[C@H](CN35)O4)[C@@H]2C1. The fourth-order valence-corrected chi connectivity index (χ4v) is 11.0. The summed E-state index contributed by atoms with van der Waals surface area (Å²) in [6.45, 7) is 9.50. The van der Waals surface area contributed by atoms with Gasteiger partial charge in [-0.05, 0) is 67.8 Å². The van der Waals surface area contributed by atoms with Crippen LogP contribution in [0.15, 0.2) is 11.6 Å². The molecule has 4 heterocycles. The Morgan fingerprint density at radius 1 is 1.14 bits per heavy atom. The first-order chi connectivity index (χ1) is 16.9. The van der Waals surface area contributed by atoms with E-state index in [1.807, 2.05) is 6.92 Å². The minimum atomic E-state index is -0.889. The van der Waals surface area contributed by atoms with Crippen molar-refractivity contribution < 1.29 is 29.0 Å². The lowest BCUT2D eigenvalue weighted by atomic mass is 9.34. The standard InChI is InChI=1S/C29H39NO6/c1-16-7-20-19(21(32)8-16)10-22(33)24-25(20,2)15-29-27(4,26(24,3)12-23(34)36-29)5-6-28-11-17(14-31)9-18(35-28)13-30(28)29/h8,17-20,24,31H,5-7,9-15H2,1-4H3/t17-,18+,19-,20+,24-,25-,26-,27-,28?,29+/m0/s1. The third-order valence-corrected chi connectivity index (χ3v) is 12.4. The molecule has 0 aromatic carbocycles. The summed E-state index contributed by atoms with van der Waals surface area (Å²) < 4.78 is 13.3. The van der Waals surface area contributed by atoms with Crippen LogP contribution in [-0.4, -0.2) is 58.2 Å². The van der Waals surface area contributed by atoms with Gasteiger partial charge in [0.15, 0.2) is 11.5 Å².